The van der Waals surface area contributed by atoms with Crippen molar-refractivity contribution >= 4 is 58.8 Å². The van der Waals surface area contributed by atoms with Crippen LogP contribution in [0.1, 0.15) is 11.1 Å². The number of carbonyl (C=O) groups excluding carboxylic acids is 1. The SMILES string of the molecule is COc1cc2c(cc1Nc1ncc(Cl)c(Nc3ccc(N(C)C(=O)C(F)F)cc3P(C)(C)=O)n1)CN(C)CC2. The molecule has 2 N–H and O–H groups in total. The molecule has 4 rings (SSSR count). The first-order valence-corrected chi connectivity index (χ1v) is 15.1. The third kappa shape index (κ3) is 6.49. The molecule has 0 atom stereocenters. The van der Waals surface area contributed by atoms with E-state index < -0.39 is 19.5 Å². The first kappa shape index (κ1) is 28.7. The molecule has 0 bridgehead atoms. The Balaban J connectivity index is 1.65. The van der Waals surface area contributed by atoms with Gasteiger partial charge in [-0.2, -0.15) is 13.8 Å². The Kier molecular flexibility index (Phi) is 8.44. The minimum Gasteiger partial charge on any atom is -0.495 e. The van der Waals surface area contributed by atoms with E-state index in [2.05, 4.69) is 32.5 Å². The number of rotatable bonds is 8. The molecule has 2 heterocycles. The average Bonchev–Trinajstić information content (AvgIpc) is 2.88. The molecule has 2 aromatic carbocycles. The van der Waals surface area contributed by atoms with E-state index in [1.165, 1.54) is 36.5 Å². The maximum absolute atomic E-state index is 13.1. The zero-order valence-corrected chi connectivity index (χ0v) is 23.9. The van der Waals surface area contributed by atoms with E-state index >= 15 is 0 Å². The van der Waals surface area contributed by atoms with E-state index in [-0.39, 0.29) is 22.5 Å². The van der Waals surface area contributed by atoms with Crippen molar-refractivity contribution in [2.75, 3.05) is 56.6 Å². The Morgan fingerprint density at radius 3 is 2.59 bits per heavy atom. The van der Waals surface area contributed by atoms with Crippen LogP contribution >= 0.6 is 18.7 Å². The third-order valence-corrected chi connectivity index (χ3v) is 8.24. The van der Waals surface area contributed by atoms with E-state index in [1.54, 1.807) is 26.5 Å². The maximum atomic E-state index is 13.1. The first-order valence-electron chi connectivity index (χ1n) is 12.1. The van der Waals surface area contributed by atoms with Gasteiger partial charge in [-0.1, -0.05) is 11.6 Å². The molecule has 1 aliphatic rings. The normalized spacial score (nSPS) is 13.7. The second kappa shape index (κ2) is 11.5. The van der Waals surface area contributed by atoms with Gasteiger partial charge in [-0.15, -0.1) is 0 Å². The van der Waals surface area contributed by atoms with Gasteiger partial charge in [-0.3, -0.25) is 4.79 Å². The topological polar surface area (TPSA) is 99.7 Å². The molecular formula is C26H30ClF2N6O3P. The van der Waals surface area contributed by atoms with Crippen molar-refractivity contribution in [3.8, 4) is 5.75 Å². The van der Waals surface area contributed by atoms with Gasteiger partial charge in [0.15, 0.2) is 5.82 Å². The molecule has 13 heteroatoms. The number of alkyl halides is 2. The van der Waals surface area contributed by atoms with Crippen molar-refractivity contribution in [1.82, 2.24) is 14.9 Å². The summed E-state index contributed by atoms with van der Waals surface area (Å²) in [6.07, 6.45) is -0.801. The van der Waals surface area contributed by atoms with Crippen molar-refractivity contribution in [3.05, 3.63) is 52.7 Å². The summed E-state index contributed by atoms with van der Waals surface area (Å²) in [5.41, 5.74) is 3.71. The van der Waals surface area contributed by atoms with Gasteiger partial charge in [-0.05, 0) is 68.3 Å². The number of likely N-dealkylation sites (N-methyl/N-ethyl adjacent to an activating group) is 1. The summed E-state index contributed by atoms with van der Waals surface area (Å²) >= 11 is 6.39. The van der Waals surface area contributed by atoms with E-state index in [9.17, 15) is 18.1 Å². The zero-order chi connectivity index (χ0) is 28.5. The Labute approximate surface area is 230 Å². The molecule has 1 aliphatic heterocycles. The van der Waals surface area contributed by atoms with Gasteiger partial charge in [0.1, 0.15) is 17.9 Å². The third-order valence-electron chi connectivity index (χ3n) is 6.43. The van der Waals surface area contributed by atoms with Crippen LogP contribution in [0.2, 0.25) is 5.02 Å². The average molecular weight is 579 g/mol. The highest BCUT2D eigenvalue weighted by Gasteiger charge is 2.25. The molecular weight excluding hydrogens is 549 g/mol. The summed E-state index contributed by atoms with van der Waals surface area (Å²) in [7, 11) is 1.98. The summed E-state index contributed by atoms with van der Waals surface area (Å²) in [5, 5.41) is 6.85. The standard InChI is InChI=1S/C26H30ClF2N6O3P/c1-34-9-8-15-11-21(38-3)20(10-16(15)14-34)32-26-30-13-18(27)24(33-26)31-19-7-6-17(12-22(19)39(4,5)37)35(2)25(36)23(28)29/h6-7,10-13,23H,8-9,14H2,1-5H3,(H2,30,31,32,33). The zero-order valence-electron chi connectivity index (χ0n) is 22.3. The van der Waals surface area contributed by atoms with Gasteiger partial charge < -0.3 is 29.7 Å². The van der Waals surface area contributed by atoms with E-state index in [0.717, 1.165) is 24.4 Å². The molecule has 1 amide bonds. The fourth-order valence-corrected chi connectivity index (χ4v) is 5.60. The van der Waals surface area contributed by atoms with Crippen molar-refractivity contribution in [2.24, 2.45) is 0 Å². The Morgan fingerprint density at radius 2 is 1.92 bits per heavy atom. The predicted octanol–water partition coefficient (Wildman–Crippen LogP) is 5.09. The summed E-state index contributed by atoms with van der Waals surface area (Å²) in [4.78, 5) is 23.7. The molecule has 0 spiro atoms. The van der Waals surface area contributed by atoms with Crippen LogP contribution in [-0.4, -0.2) is 68.3 Å². The number of halogens is 3. The second-order valence-corrected chi connectivity index (χ2v) is 13.3. The van der Waals surface area contributed by atoms with Crippen molar-refractivity contribution in [2.45, 2.75) is 19.4 Å². The van der Waals surface area contributed by atoms with Gasteiger partial charge in [0.2, 0.25) is 5.95 Å². The van der Waals surface area contributed by atoms with E-state index in [1.807, 2.05) is 12.1 Å². The lowest BCUT2D eigenvalue weighted by atomic mass is 9.99. The monoisotopic (exact) mass is 578 g/mol. The van der Waals surface area contributed by atoms with Gasteiger partial charge in [0.05, 0.1) is 24.7 Å². The number of methoxy groups -OCH3 is 1. The molecule has 9 nitrogen and oxygen atoms in total. The predicted molar refractivity (Wildman–Crippen MR) is 152 cm³/mol. The number of ether oxygens (including phenoxy) is 1. The minimum atomic E-state index is -3.16. The van der Waals surface area contributed by atoms with E-state index in [0.29, 0.717) is 22.4 Å². The molecule has 208 valence electrons. The fourth-order valence-electron chi connectivity index (χ4n) is 4.31. The number of aromatic nitrogens is 2. The largest absolute Gasteiger partial charge is 0.495 e. The van der Waals surface area contributed by atoms with Crippen LogP contribution in [0.15, 0.2) is 36.5 Å². The molecule has 0 unspecified atom stereocenters. The lowest BCUT2D eigenvalue weighted by molar-refractivity contribution is -0.128. The highest BCUT2D eigenvalue weighted by Crippen LogP contribution is 2.40. The van der Waals surface area contributed by atoms with Gasteiger partial charge in [0, 0.05) is 31.1 Å². The highest BCUT2D eigenvalue weighted by molar-refractivity contribution is 7.70. The second-order valence-electron chi connectivity index (χ2n) is 9.70. The molecule has 1 aromatic heterocycles. The number of amides is 1. The fraction of sp³-hybridized carbons (Fsp3) is 0.346. The van der Waals surface area contributed by atoms with Crippen LogP contribution in [0.4, 0.5) is 37.6 Å². The number of hydrogen-bond donors (Lipinski definition) is 2. The highest BCUT2D eigenvalue weighted by atomic mass is 35.5. The van der Waals surface area contributed by atoms with Crippen LogP contribution < -0.4 is 25.6 Å². The van der Waals surface area contributed by atoms with Crippen LogP contribution in [0.25, 0.3) is 0 Å². The Bertz CT molecular complexity index is 1450. The van der Waals surface area contributed by atoms with Crippen LogP contribution in [0.3, 0.4) is 0 Å². The molecule has 39 heavy (non-hydrogen) atoms. The number of nitrogens with one attached hydrogen (secondary N) is 2. The molecule has 0 radical (unpaired) electrons. The molecule has 0 saturated heterocycles. The summed E-state index contributed by atoms with van der Waals surface area (Å²) in [6, 6.07) is 8.52. The minimum absolute atomic E-state index is 0.186. The summed E-state index contributed by atoms with van der Waals surface area (Å²) in [6.45, 7) is 4.87. The summed E-state index contributed by atoms with van der Waals surface area (Å²) in [5.74, 6) is -0.210. The molecule has 0 aliphatic carbocycles. The smallest absolute Gasteiger partial charge is 0.316 e. The lowest BCUT2D eigenvalue weighted by Crippen LogP contribution is -2.32. The van der Waals surface area contributed by atoms with Crippen molar-refractivity contribution in [3.63, 3.8) is 0 Å². The number of anilines is 5. The molecule has 0 fully saturated rings. The van der Waals surface area contributed by atoms with Gasteiger partial charge in [0.25, 0.3) is 5.91 Å². The lowest BCUT2D eigenvalue weighted by Gasteiger charge is -2.26. The van der Waals surface area contributed by atoms with Crippen LogP contribution in [-0.2, 0) is 22.3 Å². The van der Waals surface area contributed by atoms with Crippen LogP contribution in [0.5, 0.6) is 5.75 Å². The number of hydrogen-bond acceptors (Lipinski definition) is 8. The first-order chi connectivity index (χ1) is 18.4. The van der Waals surface area contributed by atoms with Gasteiger partial charge in [-0.25, -0.2) is 4.98 Å². The number of carbonyl (C=O) groups is 1. The number of fused-ring (bicyclic) bond motifs is 1. The Hall–Kier alpha value is -3.27. The van der Waals surface area contributed by atoms with E-state index in [4.69, 9.17) is 16.3 Å². The van der Waals surface area contributed by atoms with Crippen molar-refractivity contribution < 1.29 is 22.9 Å². The number of benzene rings is 2. The quantitative estimate of drug-likeness (QED) is 0.357. The molecule has 0 saturated carbocycles. The number of nitrogens with zero attached hydrogens (tertiary/aromatic N) is 4. The van der Waals surface area contributed by atoms with Crippen molar-refractivity contribution in [1.29, 1.82) is 0 Å². The molecule has 3 aromatic rings. The van der Waals surface area contributed by atoms with Crippen LogP contribution in [0, 0.1) is 0 Å². The van der Waals surface area contributed by atoms with Gasteiger partial charge >= 0.3 is 6.43 Å². The summed E-state index contributed by atoms with van der Waals surface area (Å²) < 4.78 is 44.6. The maximum Gasteiger partial charge on any atom is 0.316 e. The Morgan fingerprint density at radius 1 is 1.18 bits per heavy atom.